The van der Waals surface area contributed by atoms with E-state index in [1.807, 2.05) is 13.0 Å². The van der Waals surface area contributed by atoms with Crippen LogP contribution in [-0.4, -0.2) is 31.3 Å². The quantitative estimate of drug-likeness (QED) is 0.357. The molecule has 0 aliphatic carbocycles. The lowest BCUT2D eigenvalue weighted by atomic mass is 10.1. The van der Waals surface area contributed by atoms with Crippen LogP contribution in [0.3, 0.4) is 0 Å². The first kappa shape index (κ1) is 21.6. The average molecular weight is 485 g/mol. The van der Waals surface area contributed by atoms with Gasteiger partial charge >= 0.3 is 6.01 Å². The summed E-state index contributed by atoms with van der Waals surface area (Å²) in [6.07, 6.45) is 2.94. The Hall–Kier alpha value is -4.93. The largest absolute Gasteiger partial charge is 0.453 e. The molecule has 0 amide bonds. The smallest absolute Gasteiger partial charge is 0.322 e. The fraction of sp³-hybridized carbons (Fsp3) is 0.120. The number of nitrogen functional groups attached to an aromatic ring is 2. The molecule has 4 N–H and O–H groups in total. The van der Waals surface area contributed by atoms with Gasteiger partial charge < -0.3 is 30.2 Å². The molecular formula is C25H20FN7O3. The molecule has 10 nitrogen and oxygen atoms in total. The summed E-state index contributed by atoms with van der Waals surface area (Å²) in [6, 6.07) is 9.90. The molecule has 1 aliphatic heterocycles. The van der Waals surface area contributed by atoms with Crippen LogP contribution in [0.2, 0.25) is 0 Å². The third-order valence-electron chi connectivity index (χ3n) is 5.96. The predicted molar refractivity (Wildman–Crippen MR) is 131 cm³/mol. The number of benzene rings is 2. The van der Waals surface area contributed by atoms with Crippen LogP contribution in [0.4, 0.5) is 15.9 Å². The Labute approximate surface area is 204 Å². The van der Waals surface area contributed by atoms with E-state index in [2.05, 4.69) is 19.9 Å². The molecule has 11 heteroatoms. The van der Waals surface area contributed by atoms with Crippen molar-refractivity contribution < 1.29 is 18.6 Å². The number of nitrogens with two attached hydrogens (primary N) is 2. The molecule has 0 radical (unpaired) electrons. The molecule has 2 aromatic carbocycles. The average Bonchev–Trinajstić information content (AvgIpc) is 3.46. The summed E-state index contributed by atoms with van der Waals surface area (Å²) in [5.41, 5.74) is 17.4. The van der Waals surface area contributed by atoms with Gasteiger partial charge in [-0.25, -0.2) is 24.3 Å². The standard InChI is InChI=1S/C25H20FN7O3/c1-12-7-8-29-25(32-12)36-18-6-3-14(9-16(18)26)33-20(13(2)19-21(33)24(28)31-10-30-19)15-4-5-17(27)23-22(15)34-11-35-23/h3-10H,11,27H2,1-2H3,(H2,28,30,31). The van der Waals surface area contributed by atoms with Gasteiger partial charge in [0, 0.05) is 34.8 Å². The minimum atomic E-state index is -0.611. The van der Waals surface area contributed by atoms with Crippen molar-refractivity contribution in [2.24, 2.45) is 0 Å². The van der Waals surface area contributed by atoms with Crippen molar-refractivity contribution >= 4 is 22.5 Å². The van der Waals surface area contributed by atoms with Gasteiger partial charge in [0.1, 0.15) is 11.8 Å². The van der Waals surface area contributed by atoms with Crippen molar-refractivity contribution in [3.63, 3.8) is 0 Å². The summed E-state index contributed by atoms with van der Waals surface area (Å²) in [6.45, 7) is 3.74. The van der Waals surface area contributed by atoms with Gasteiger partial charge in [-0.2, -0.15) is 0 Å². The number of halogens is 1. The third kappa shape index (κ3) is 3.32. The first-order valence-corrected chi connectivity index (χ1v) is 11.0. The number of nitrogens with zero attached hydrogens (tertiary/aromatic N) is 5. The third-order valence-corrected chi connectivity index (χ3v) is 5.96. The fourth-order valence-corrected chi connectivity index (χ4v) is 4.35. The van der Waals surface area contributed by atoms with Gasteiger partial charge in [-0.05, 0) is 44.2 Å². The van der Waals surface area contributed by atoms with Crippen LogP contribution < -0.4 is 25.7 Å². The second-order valence-corrected chi connectivity index (χ2v) is 8.23. The Morgan fingerprint density at radius 1 is 1.00 bits per heavy atom. The Morgan fingerprint density at radius 2 is 1.83 bits per heavy atom. The Balaban J connectivity index is 1.56. The zero-order valence-electron chi connectivity index (χ0n) is 19.3. The minimum Gasteiger partial charge on any atom is -0.453 e. The van der Waals surface area contributed by atoms with Crippen molar-refractivity contribution in [1.29, 1.82) is 0 Å². The molecule has 0 unspecified atom stereocenters. The molecule has 0 atom stereocenters. The van der Waals surface area contributed by atoms with Crippen molar-refractivity contribution in [3.05, 3.63) is 66.0 Å². The Kier molecular flexibility index (Phi) is 4.85. The van der Waals surface area contributed by atoms with Gasteiger partial charge in [0.25, 0.3) is 0 Å². The highest BCUT2D eigenvalue weighted by Gasteiger charge is 2.28. The van der Waals surface area contributed by atoms with Crippen LogP contribution in [0.15, 0.2) is 48.9 Å². The lowest BCUT2D eigenvalue weighted by molar-refractivity contribution is 0.174. The first-order valence-electron chi connectivity index (χ1n) is 11.0. The number of ether oxygens (including phenoxy) is 3. The van der Waals surface area contributed by atoms with Crippen molar-refractivity contribution in [3.8, 4) is 40.2 Å². The van der Waals surface area contributed by atoms with Gasteiger partial charge in [0.2, 0.25) is 6.79 Å². The topological polar surface area (TPSA) is 136 Å². The maximum atomic E-state index is 15.3. The second-order valence-electron chi connectivity index (χ2n) is 8.23. The van der Waals surface area contributed by atoms with Crippen LogP contribution in [0, 0.1) is 19.7 Å². The maximum absolute atomic E-state index is 15.3. The number of hydrogen-bond donors (Lipinski definition) is 2. The lowest BCUT2D eigenvalue weighted by Gasteiger charge is -2.15. The fourth-order valence-electron chi connectivity index (χ4n) is 4.35. The van der Waals surface area contributed by atoms with Crippen LogP contribution in [-0.2, 0) is 0 Å². The molecular weight excluding hydrogens is 465 g/mol. The SMILES string of the molecule is Cc1ccnc(Oc2ccc(-n3c(-c4ccc(N)c5c4OCO5)c(C)c4ncnc(N)c43)cc2F)n1. The molecule has 1 aliphatic rings. The molecule has 4 heterocycles. The monoisotopic (exact) mass is 485 g/mol. The highest BCUT2D eigenvalue weighted by atomic mass is 19.1. The highest BCUT2D eigenvalue weighted by molar-refractivity contribution is 5.97. The number of aromatic nitrogens is 5. The van der Waals surface area contributed by atoms with E-state index < -0.39 is 5.82 Å². The summed E-state index contributed by atoms with van der Waals surface area (Å²) < 4.78 is 34.0. The van der Waals surface area contributed by atoms with Gasteiger partial charge in [0.05, 0.1) is 16.9 Å². The lowest BCUT2D eigenvalue weighted by Crippen LogP contribution is -2.03. The van der Waals surface area contributed by atoms with Gasteiger partial charge in [-0.3, -0.25) is 0 Å². The molecule has 0 fully saturated rings. The second kappa shape index (κ2) is 8.08. The van der Waals surface area contributed by atoms with E-state index in [4.69, 9.17) is 25.7 Å². The van der Waals surface area contributed by atoms with Gasteiger partial charge in [-0.15, -0.1) is 0 Å². The first-order chi connectivity index (χ1) is 17.4. The molecule has 6 rings (SSSR count). The molecule has 0 saturated heterocycles. The molecule has 0 saturated carbocycles. The van der Waals surface area contributed by atoms with E-state index in [0.29, 0.717) is 50.9 Å². The van der Waals surface area contributed by atoms with Crippen LogP contribution in [0.5, 0.6) is 23.3 Å². The molecule has 5 aromatic rings. The van der Waals surface area contributed by atoms with Crippen LogP contribution in [0.25, 0.3) is 28.0 Å². The normalized spacial score (nSPS) is 12.3. The molecule has 180 valence electrons. The Bertz CT molecular complexity index is 1670. The summed E-state index contributed by atoms with van der Waals surface area (Å²) in [7, 11) is 0. The molecule has 0 bridgehead atoms. The zero-order chi connectivity index (χ0) is 25.0. The summed E-state index contributed by atoms with van der Waals surface area (Å²) in [4.78, 5) is 16.8. The summed E-state index contributed by atoms with van der Waals surface area (Å²) >= 11 is 0. The number of rotatable bonds is 4. The van der Waals surface area contributed by atoms with E-state index in [-0.39, 0.29) is 24.4 Å². The minimum absolute atomic E-state index is 0.0200. The Morgan fingerprint density at radius 3 is 2.64 bits per heavy atom. The zero-order valence-corrected chi connectivity index (χ0v) is 19.3. The van der Waals surface area contributed by atoms with Gasteiger partial charge in [0.15, 0.2) is 28.9 Å². The van der Waals surface area contributed by atoms with E-state index >= 15 is 4.39 Å². The predicted octanol–water partition coefficient (Wildman–Crippen LogP) is 4.32. The number of aryl methyl sites for hydroxylation is 2. The summed E-state index contributed by atoms with van der Waals surface area (Å²) in [5, 5.41) is 0. The number of hydrogen-bond acceptors (Lipinski definition) is 9. The number of fused-ring (bicyclic) bond motifs is 2. The molecule has 0 spiro atoms. The van der Waals surface area contributed by atoms with Crippen LogP contribution in [0.1, 0.15) is 11.3 Å². The van der Waals surface area contributed by atoms with Crippen molar-refractivity contribution in [2.75, 3.05) is 18.3 Å². The van der Waals surface area contributed by atoms with E-state index in [0.717, 1.165) is 5.56 Å². The van der Waals surface area contributed by atoms with E-state index in [9.17, 15) is 0 Å². The van der Waals surface area contributed by atoms with E-state index in [1.165, 1.54) is 18.5 Å². The van der Waals surface area contributed by atoms with Gasteiger partial charge in [-0.1, -0.05) is 0 Å². The maximum Gasteiger partial charge on any atom is 0.322 e. The highest BCUT2D eigenvalue weighted by Crippen LogP contribution is 2.48. The van der Waals surface area contributed by atoms with Crippen molar-refractivity contribution in [2.45, 2.75) is 13.8 Å². The summed E-state index contributed by atoms with van der Waals surface area (Å²) in [5.74, 6) is 0.558. The molecule has 36 heavy (non-hydrogen) atoms. The van der Waals surface area contributed by atoms with E-state index in [1.54, 1.807) is 35.9 Å². The number of anilines is 2. The van der Waals surface area contributed by atoms with Crippen molar-refractivity contribution in [1.82, 2.24) is 24.5 Å². The molecule has 3 aromatic heterocycles. The van der Waals surface area contributed by atoms with Crippen LogP contribution >= 0.6 is 0 Å².